The van der Waals surface area contributed by atoms with E-state index in [4.69, 9.17) is 21.1 Å². The van der Waals surface area contributed by atoms with Crippen LogP contribution in [0.25, 0.3) is 10.9 Å². The molecule has 1 aliphatic rings. The summed E-state index contributed by atoms with van der Waals surface area (Å²) >= 11 is 6.26. The lowest BCUT2D eigenvalue weighted by Crippen LogP contribution is -2.41. The number of carboxylic acid groups (broad SMARTS) is 1. The van der Waals surface area contributed by atoms with Crippen molar-refractivity contribution in [2.75, 3.05) is 6.61 Å². The van der Waals surface area contributed by atoms with Crippen molar-refractivity contribution in [2.24, 2.45) is 0 Å². The van der Waals surface area contributed by atoms with Crippen LogP contribution in [-0.4, -0.2) is 28.6 Å². The first kappa shape index (κ1) is 14.9. The van der Waals surface area contributed by atoms with Gasteiger partial charge in [0.1, 0.15) is 6.42 Å². The molecule has 0 radical (unpaired) electrons. The summed E-state index contributed by atoms with van der Waals surface area (Å²) in [4.78, 5) is 25.8. The minimum Gasteiger partial charge on any atom is -0.481 e. The molecular formula is C15H14ClNO5. The second-order valence-corrected chi connectivity index (χ2v) is 5.56. The van der Waals surface area contributed by atoms with E-state index in [1.807, 2.05) is 6.07 Å². The molecule has 1 atom stereocenters. The molecule has 0 aliphatic carbocycles. The van der Waals surface area contributed by atoms with Crippen molar-refractivity contribution in [3.05, 3.63) is 34.5 Å². The standard InChI is InChI=1S/C15H14ClNO5/c1-8(18)22-15(7-12(19)20)14-9(5-6-21-15)13-10(16)3-2-4-11(13)17-14/h2-4,17H,5-7H2,1H3,(H,19,20). The Balaban J connectivity index is 2.24. The Labute approximate surface area is 131 Å². The van der Waals surface area contributed by atoms with E-state index in [0.29, 0.717) is 17.1 Å². The van der Waals surface area contributed by atoms with Crippen LogP contribution in [0.4, 0.5) is 0 Å². The molecule has 116 valence electrons. The number of carbonyl (C=O) groups is 2. The molecule has 6 nitrogen and oxygen atoms in total. The molecule has 1 aliphatic heterocycles. The smallest absolute Gasteiger partial charge is 0.310 e. The SMILES string of the molecule is CC(=O)OC1(CC(=O)O)OCCc2c1[nH]c1cccc(Cl)c21. The molecule has 0 amide bonds. The number of esters is 1. The number of hydrogen-bond donors (Lipinski definition) is 2. The zero-order valence-electron chi connectivity index (χ0n) is 11.8. The van der Waals surface area contributed by atoms with Gasteiger partial charge < -0.3 is 19.6 Å². The van der Waals surface area contributed by atoms with Crippen molar-refractivity contribution in [3.63, 3.8) is 0 Å². The highest BCUT2D eigenvalue weighted by Gasteiger charge is 2.45. The fraction of sp³-hybridized carbons (Fsp3) is 0.333. The number of nitrogens with one attached hydrogen (secondary N) is 1. The van der Waals surface area contributed by atoms with Gasteiger partial charge in [-0.2, -0.15) is 0 Å². The van der Waals surface area contributed by atoms with Crippen molar-refractivity contribution in [2.45, 2.75) is 25.6 Å². The predicted molar refractivity (Wildman–Crippen MR) is 78.7 cm³/mol. The normalized spacial score (nSPS) is 20.6. The minimum absolute atomic E-state index is 0.242. The number of carbonyl (C=O) groups excluding carboxylic acids is 1. The minimum atomic E-state index is -1.65. The topological polar surface area (TPSA) is 88.6 Å². The number of carboxylic acids is 1. The van der Waals surface area contributed by atoms with Crippen LogP contribution >= 0.6 is 11.6 Å². The monoisotopic (exact) mass is 323 g/mol. The van der Waals surface area contributed by atoms with Crippen LogP contribution in [0.3, 0.4) is 0 Å². The van der Waals surface area contributed by atoms with E-state index in [-0.39, 0.29) is 6.61 Å². The Morgan fingerprint density at radius 2 is 2.27 bits per heavy atom. The summed E-state index contributed by atoms with van der Waals surface area (Å²) in [5.41, 5.74) is 2.03. The van der Waals surface area contributed by atoms with E-state index in [9.17, 15) is 14.7 Å². The predicted octanol–water partition coefficient (Wildman–Crippen LogP) is 2.58. The van der Waals surface area contributed by atoms with Gasteiger partial charge in [0.2, 0.25) is 0 Å². The third-order valence-corrected chi connectivity index (χ3v) is 3.95. The molecule has 2 aromatic rings. The van der Waals surface area contributed by atoms with Gasteiger partial charge in [0.25, 0.3) is 5.79 Å². The molecule has 2 N–H and O–H groups in total. The maximum atomic E-state index is 11.5. The number of benzene rings is 1. The Bertz CT molecular complexity index is 751. The van der Waals surface area contributed by atoms with Crippen LogP contribution in [0, 0.1) is 0 Å². The number of ether oxygens (including phenoxy) is 2. The highest BCUT2D eigenvalue weighted by atomic mass is 35.5. The molecule has 0 spiro atoms. The summed E-state index contributed by atoms with van der Waals surface area (Å²) in [5, 5.41) is 10.6. The largest absolute Gasteiger partial charge is 0.481 e. The fourth-order valence-corrected chi connectivity index (χ4v) is 3.21. The van der Waals surface area contributed by atoms with Crippen LogP contribution in [0.2, 0.25) is 5.02 Å². The van der Waals surface area contributed by atoms with Gasteiger partial charge in [-0.3, -0.25) is 9.59 Å². The molecule has 2 heterocycles. The van der Waals surface area contributed by atoms with Gasteiger partial charge in [-0.05, 0) is 24.1 Å². The molecule has 1 aromatic carbocycles. The number of aromatic amines is 1. The summed E-state index contributed by atoms with van der Waals surface area (Å²) < 4.78 is 10.9. The average Bonchev–Trinajstić information content (AvgIpc) is 2.78. The lowest BCUT2D eigenvalue weighted by Gasteiger charge is -2.35. The van der Waals surface area contributed by atoms with Crippen LogP contribution in [0.1, 0.15) is 24.6 Å². The first-order valence-electron chi connectivity index (χ1n) is 6.78. The second-order valence-electron chi connectivity index (χ2n) is 5.16. The number of fused-ring (bicyclic) bond motifs is 3. The summed E-state index contributed by atoms with van der Waals surface area (Å²) in [7, 11) is 0. The average molecular weight is 324 g/mol. The Morgan fingerprint density at radius 3 is 2.95 bits per heavy atom. The maximum Gasteiger partial charge on any atom is 0.310 e. The van der Waals surface area contributed by atoms with Gasteiger partial charge in [-0.15, -0.1) is 0 Å². The summed E-state index contributed by atoms with van der Waals surface area (Å²) in [6.07, 6.45) is 0.0751. The number of H-pyrrole nitrogens is 1. The van der Waals surface area contributed by atoms with Crippen LogP contribution < -0.4 is 0 Å². The zero-order chi connectivity index (χ0) is 15.9. The molecule has 1 unspecified atom stereocenters. The molecular weight excluding hydrogens is 310 g/mol. The number of halogens is 1. The van der Waals surface area contributed by atoms with Crippen LogP contribution in [0.15, 0.2) is 18.2 Å². The Kier molecular flexibility index (Phi) is 3.58. The van der Waals surface area contributed by atoms with E-state index in [1.54, 1.807) is 12.1 Å². The number of rotatable bonds is 3. The maximum absolute atomic E-state index is 11.5. The third kappa shape index (κ3) is 2.34. The molecule has 1 aromatic heterocycles. The number of aliphatic carboxylic acids is 1. The molecule has 3 rings (SSSR count). The summed E-state index contributed by atoms with van der Waals surface area (Å²) in [6.45, 7) is 1.46. The van der Waals surface area contributed by atoms with Crippen molar-refractivity contribution < 1.29 is 24.2 Å². The highest BCUT2D eigenvalue weighted by Crippen LogP contribution is 2.42. The Hall–Kier alpha value is -2.05. The third-order valence-electron chi connectivity index (χ3n) is 3.64. The van der Waals surface area contributed by atoms with Gasteiger partial charge in [0.15, 0.2) is 0 Å². The summed E-state index contributed by atoms with van der Waals surface area (Å²) in [5.74, 6) is -3.38. The van der Waals surface area contributed by atoms with Gasteiger partial charge in [-0.1, -0.05) is 17.7 Å². The lowest BCUT2D eigenvalue weighted by atomic mass is 9.97. The van der Waals surface area contributed by atoms with E-state index >= 15 is 0 Å². The van der Waals surface area contributed by atoms with Gasteiger partial charge in [0.05, 0.1) is 17.3 Å². The highest BCUT2D eigenvalue weighted by molar-refractivity contribution is 6.35. The fourth-order valence-electron chi connectivity index (χ4n) is 2.92. The zero-order valence-corrected chi connectivity index (χ0v) is 12.6. The van der Waals surface area contributed by atoms with Gasteiger partial charge >= 0.3 is 11.9 Å². The number of aromatic nitrogens is 1. The van der Waals surface area contributed by atoms with E-state index in [2.05, 4.69) is 4.98 Å². The van der Waals surface area contributed by atoms with E-state index in [1.165, 1.54) is 6.92 Å². The number of hydrogen-bond acceptors (Lipinski definition) is 4. The van der Waals surface area contributed by atoms with E-state index in [0.717, 1.165) is 16.5 Å². The molecule has 0 bridgehead atoms. The second kappa shape index (κ2) is 5.30. The van der Waals surface area contributed by atoms with Crippen molar-refractivity contribution >= 4 is 34.4 Å². The van der Waals surface area contributed by atoms with Crippen LogP contribution in [-0.2, 0) is 31.3 Å². The van der Waals surface area contributed by atoms with E-state index < -0.39 is 24.1 Å². The Morgan fingerprint density at radius 1 is 1.50 bits per heavy atom. The summed E-state index contributed by atoms with van der Waals surface area (Å²) in [6, 6.07) is 5.38. The molecule has 0 saturated heterocycles. The van der Waals surface area contributed by atoms with Gasteiger partial charge in [0, 0.05) is 17.8 Å². The van der Waals surface area contributed by atoms with Crippen LogP contribution in [0.5, 0.6) is 0 Å². The molecule has 7 heteroatoms. The molecule has 22 heavy (non-hydrogen) atoms. The molecule has 0 fully saturated rings. The van der Waals surface area contributed by atoms with Crippen molar-refractivity contribution in [3.8, 4) is 0 Å². The quantitative estimate of drug-likeness (QED) is 0.847. The molecule has 0 saturated carbocycles. The van der Waals surface area contributed by atoms with Crippen molar-refractivity contribution in [1.29, 1.82) is 0 Å². The first-order chi connectivity index (χ1) is 10.4. The van der Waals surface area contributed by atoms with Crippen molar-refractivity contribution in [1.82, 2.24) is 4.98 Å². The lowest BCUT2D eigenvalue weighted by molar-refractivity contribution is -0.247. The van der Waals surface area contributed by atoms with Gasteiger partial charge in [-0.25, -0.2) is 0 Å². The first-order valence-corrected chi connectivity index (χ1v) is 7.15.